The fourth-order valence-corrected chi connectivity index (χ4v) is 6.21. The van der Waals surface area contributed by atoms with Crippen LogP contribution in [0.5, 0.6) is 5.75 Å². The number of nitrogens with zero attached hydrogens (tertiary/aromatic N) is 1. The average molecular weight is 495 g/mol. The largest absolute Gasteiger partial charge is 0.497 e. The summed E-state index contributed by atoms with van der Waals surface area (Å²) in [5, 5.41) is 0. The van der Waals surface area contributed by atoms with Crippen molar-refractivity contribution in [2.75, 3.05) is 22.7 Å². The summed E-state index contributed by atoms with van der Waals surface area (Å²) in [6, 6.07) is 12.8. The van der Waals surface area contributed by atoms with Crippen molar-refractivity contribution >= 4 is 31.4 Å². The van der Waals surface area contributed by atoms with E-state index in [1.807, 2.05) is 0 Å². The summed E-state index contributed by atoms with van der Waals surface area (Å²) in [5.41, 5.74) is 1.28. The molecular formula is C22H20F2N2O5S2. The standard InChI is InChI=1S/C22H20F2N2O5S2/c1-31-17-5-7-18(8-6-17)33(29,30)26-12-2-3-15-13-16(4-11-22(15)26)25-32(27,28)19-9-10-20(23)21(24)14-19/h4-11,13-14,25H,2-3,12H2,1H3. The molecule has 174 valence electrons. The van der Waals surface area contributed by atoms with Gasteiger partial charge < -0.3 is 4.74 Å². The zero-order valence-electron chi connectivity index (χ0n) is 17.5. The molecule has 1 N–H and O–H groups in total. The van der Waals surface area contributed by atoms with Crippen LogP contribution in [0.4, 0.5) is 20.2 Å². The van der Waals surface area contributed by atoms with Gasteiger partial charge in [-0.1, -0.05) is 0 Å². The highest BCUT2D eigenvalue weighted by molar-refractivity contribution is 7.93. The lowest BCUT2D eigenvalue weighted by molar-refractivity contribution is 0.414. The Morgan fingerprint density at radius 2 is 1.58 bits per heavy atom. The SMILES string of the molecule is COc1ccc(S(=O)(=O)N2CCCc3cc(NS(=O)(=O)c4ccc(F)c(F)c4)ccc32)cc1. The third-order valence-corrected chi connectivity index (χ3v) is 8.46. The molecule has 3 aromatic rings. The number of benzene rings is 3. The van der Waals surface area contributed by atoms with Crippen molar-refractivity contribution < 1.29 is 30.4 Å². The van der Waals surface area contributed by atoms with Crippen LogP contribution in [0.1, 0.15) is 12.0 Å². The molecule has 0 fully saturated rings. The number of halogens is 2. The first-order valence-electron chi connectivity index (χ1n) is 9.89. The Bertz CT molecular complexity index is 1410. The van der Waals surface area contributed by atoms with Crippen molar-refractivity contribution in [1.29, 1.82) is 0 Å². The minimum absolute atomic E-state index is 0.110. The van der Waals surface area contributed by atoms with E-state index in [4.69, 9.17) is 4.74 Å². The molecule has 0 aromatic heterocycles. The highest BCUT2D eigenvalue weighted by atomic mass is 32.2. The molecule has 0 aliphatic carbocycles. The molecule has 0 amide bonds. The summed E-state index contributed by atoms with van der Waals surface area (Å²) in [5.74, 6) is -1.89. The number of nitrogens with one attached hydrogen (secondary N) is 1. The quantitative estimate of drug-likeness (QED) is 0.561. The second-order valence-corrected chi connectivity index (χ2v) is 10.9. The average Bonchev–Trinajstić information content (AvgIpc) is 2.80. The zero-order valence-corrected chi connectivity index (χ0v) is 19.1. The molecule has 0 saturated carbocycles. The summed E-state index contributed by atoms with van der Waals surface area (Å²) < 4.78 is 86.9. The predicted octanol–water partition coefficient (Wildman–Crippen LogP) is 3.92. The summed E-state index contributed by atoms with van der Waals surface area (Å²) >= 11 is 0. The summed E-state index contributed by atoms with van der Waals surface area (Å²) in [7, 11) is -6.52. The summed E-state index contributed by atoms with van der Waals surface area (Å²) in [6.07, 6.45) is 1.09. The zero-order chi connectivity index (χ0) is 23.8. The Labute approximate surface area is 190 Å². The molecule has 3 aromatic carbocycles. The Morgan fingerprint density at radius 3 is 2.24 bits per heavy atom. The molecule has 1 aliphatic heterocycles. The van der Waals surface area contributed by atoms with Crippen LogP contribution in [0, 0.1) is 11.6 Å². The molecule has 1 aliphatic rings. The van der Waals surface area contributed by atoms with Gasteiger partial charge in [0.05, 0.1) is 22.6 Å². The molecule has 0 radical (unpaired) electrons. The van der Waals surface area contributed by atoms with Crippen molar-refractivity contribution in [2.45, 2.75) is 22.6 Å². The first kappa shape index (κ1) is 23.0. The van der Waals surface area contributed by atoms with E-state index in [2.05, 4.69) is 4.72 Å². The number of methoxy groups -OCH3 is 1. The lowest BCUT2D eigenvalue weighted by Crippen LogP contribution is -2.35. The van der Waals surface area contributed by atoms with Gasteiger partial charge in [0.2, 0.25) is 0 Å². The van der Waals surface area contributed by atoms with E-state index in [1.54, 1.807) is 18.2 Å². The number of rotatable bonds is 6. The highest BCUT2D eigenvalue weighted by Crippen LogP contribution is 2.34. The molecule has 7 nitrogen and oxygen atoms in total. The molecule has 0 atom stereocenters. The highest BCUT2D eigenvalue weighted by Gasteiger charge is 2.29. The normalized spacial score (nSPS) is 14.0. The second kappa shape index (κ2) is 8.64. The summed E-state index contributed by atoms with van der Waals surface area (Å²) in [6.45, 7) is 0.279. The van der Waals surface area contributed by atoms with Crippen molar-refractivity contribution in [2.24, 2.45) is 0 Å². The molecule has 1 heterocycles. The van der Waals surface area contributed by atoms with Gasteiger partial charge in [-0.2, -0.15) is 0 Å². The Kier molecular flexibility index (Phi) is 6.02. The van der Waals surface area contributed by atoms with E-state index in [9.17, 15) is 25.6 Å². The Balaban J connectivity index is 1.63. The van der Waals surface area contributed by atoms with Crippen molar-refractivity contribution in [3.63, 3.8) is 0 Å². The molecule has 0 saturated heterocycles. The van der Waals surface area contributed by atoms with E-state index >= 15 is 0 Å². The van der Waals surface area contributed by atoms with Crippen LogP contribution in [0.25, 0.3) is 0 Å². The molecule has 0 unspecified atom stereocenters. The van der Waals surface area contributed by atoms with Gasteiger partial charge in [0.1, 0.15) is 5.75 Å². The van der Waals surface area contributed by atoms with Gasteiger partial charge in [0, 0.05) is 12.2 Å². The Hall–Kier alpha value is -3.18. The van der Waals surface area contributed by atoms with E-state index < -0.39 is 36.6 Å². The van der Waals surface area contributed by atoms with Crippen molar-refractivity contribution in [3.8, 4) is 5.75 Å². The van der Waals surface area contributed by atoms with Crippen molar-refractivity contribution in [3.05, 3.63) is 77.9 Å². The number of aryl methyl sites for hydroxylation is 1. The first-order chi connectivity index (χ1) is 15.6. The maximum atomic E-state index is 13.5. The molecule has 0 bridgehead atoms. The molecule has 4 rings (SSSR count). The van der Waals surface area contributed by atoms with Gasteiger partial charge in [-0.3, -0.25) is 9.03 Å². The van der Waals surface area contributed by atoms with Crippen molar-refractivity contribution in [1.82, 2.24) is 0 Å². The van der Waals surface area contributed by atoms with E-state index in [0.29, 0.717) is 35.9 Å². The first-order valence-corrected chi connectivity index (χ1v) is 12.8. The maximum Gasteiger partial charge on any atom is 0.264 e. The van der Waals surface area contributed by atoms with Gasteiger partial charge in [-0.05, 0) is 79.1 Å². The maximum absolute atomic E-state index is 13.5. The lowest BCUT2D eigenvalue weighted by Gasteiger charge is -2.31. The third-order valence-electron chi connectivity index (χ3n) is 5.26. The van der Waals surface area contributed by atoms with E-state index in [1.165, 1.54) is 35.7 Å². The number of hydrogen-bond acceptors (Lipinski definition) is 5. The fraction of sp³-hybridized carbons (Fsp3) is 0.182. The number of sulfonamides is 2. The number of ether oxygens (including phenoxy) is 1. The topological polar surface area (TPSA) is 92.8 Å². The minimum Gasteiger partial charge on any atom is -0.497 e. The van der Waals surface area contributed by atoms with E-state index in [-0.39, 0.29) is 17.1 Å². The molecule has 33 heavy (non-hydrogen) atoms. The van der Waals surface area contributed by atoms with Gasteiger partial charge >= 0.3 is 0 Å². The number of anilines is 2. The lowest BCUT2D eigenvalue weighted by atomic mass is 10.0. The van der Waals surface area contributed by atoms with Crippen LogP contribution in [0.15, 0.2) is 70.5 Å². The smallest absolute Gasteiger partial charge is 0.264 e. The van der Waals surface area contributed by atoms with E-state index in [0.717, 1.165) is 12.1 Å². The molecular weight excluding hydrogens is 474 g/mol. The van der Waals surface area contributed by atoms with Crippen LogP contribution >= 0.6 is 0 Å². The van der Waals surface area contributed by atoms with Crippen LogP contribution in [-0.4, -0.2) is 30.5 Å². The second-order valence-electron chi connectivity index (χ2n) is 7.38. The van der Waals surface area contributed by atoms with Crippen LogP contribution < -0.4 is 13.8 Å². The Morgan fingerprint density at radius 1 is 0.879 bits per heavy atom. The number of fused-ring (bicyclic) bond motifs is 1. The summed E-state index contributed by atoms with van der Waals surface area (Å²) in [4.78, 5) is -0.318. The number of hydrogen-bond donors (Lipinski definition) is 1. The minimum atomic E-state index is -4.17. The molecule has 0 spiro atoms. The fourth-order valence-electron chi connectivity index (χ4n) is 3.61. The van der Waals surface area contributed by atoms with Crippen LogP contribution in [-0.2, 0) is 26.5 Å². The van der Waals surface area contributed by atoms with Gasteiger partial charge in [-0.25, -0.2) is 25.6 Å². The van der Waals surface area contributed by atoms with Crippen LogP contribution in [0.2, 0.25) is 0 Å². The monoisotopic (exact) mass is 494 g/mol. The van der Waals surface area contributed by atoms with Gasteiger partial charge in [0.25, 0.3) is 20.0 Å². The molecule has 11 heteroatoms. The van der Waals surface area contributed by atoms with Crippen LogP contribution in [0.3, 0.4) is 0 Å². The van der Waals surface area contributed by atoms with Gasteiger partial charge in [0.15, 0.2) is 11.6 Å². The van der Waals surface area contributed by atoms with Gasteiger partial charge in [-0.15, -0.1) is 0 Å². The third kappa shape index (κ3) is 4.51. The predicted molar refractivity (Wildman–Crippen MR) is 119 cm³/mol.